The largest absolute Gasteiger partial charge is 0.497 e. The first kappa shape index (κ1) is 19.5. The monoisotopic (exact) mass is 409 g/mol. The van der Waals surface area contributed by atoms with Crippen molar-refractivity contribution >= 4 is 27.8 Å². The average Bonchev–Trinajstić information content (AvgIpc) is 2.62. The predicted molar refractivity (Wildman–Crippen MR) is 99.7 cm³/mol. The lowest BCUT2D eigenvalue weighted by atomic mass is 9.97. The van der Waals surface area contributed by atoms with E-state index in [9.17, 15) is 9.59 Å². The molecule has 0 radical (unpaired) electrons. The van der Waals surface area contributed by atoms with Crippen LogP contribution in [0.1, 0.15) is 49.4 Å². The van der Waals surface area contributed by atoms with E-state index in [-0.39, 0.29) is 5.91 Å². The fraction of sp³-hybridized carbons (Fsp3) is 0.474. The van der Waals surface area contributed by atoms with Crippen LogP contribution in [0.3, 0.4) is 0 Å². The van der Waals surface area contributed by atoms with Crippen molar-refractivity contribution in [3.8, 4) is 5.75 Å². The van der Waals surface area contributed by atoms with Crippen molar-refractivity contribution in [1.82, 2.24) is 5.32 Å². The highest BCUT2D eigenvalue weighted by molar-refractivity contribution is 9.10. The third kappa shape index (κ3) is 5.88. The van der Waals surface area contributed by atoms with Crippen molar-refractivity contribution in [1.29, 1.82) is 0 Å². The topological polar surface area (TPSA) is 64.6 Å². The lowest BCUT2D eigenvalue weighted by Crippen LogP contribution is -2.36. The molecule has 5 nitrogen and oxygen atoms in total. The molecular weight excluding hydrogens is 386 g/mol. The van der Waals surface area contributed by atoms with Crippen LogP contribution in [0.25, 0.3) is 0 Å². The molecule has 1 aromatic carbocycles. The summed E-state index contributed by atoms with van der Waals surface area (Å²) in [4.78, 5) is 24.4. The number of rotatable bonds is 7. The van der Waals surface area contributed by atoms with E-state index in [1.165, 1.54) is 25.5 Å². The minimum atomic E-state index is -0.856. The Balaban J connectivity index is 1.83. The van der Waals surface area contributed by atoms with Gasteiger partial charge in [-0.2, -0.15) is 0 Å². The van der Waals surface area contributed by atoms with Crippen molar-refractivity contribution in [2.75, 3.05) is 13.7 Å². The van der Waals surface area contributed by atoms with Crippen LogP contribution in [0.2, 0.25) is 0 Å². The molecule has 1 atom stereocenters. The molecule has 6 heteroatoms. The maximum atomic E-state index is 12.3. The van der Waals surface area contributed by atoms with Gasteiger partial charge >= 0.3 is 5.97 Å². The van der Waals surface area contributed by atoms with Crippen LogP contribution in [0, 0.1) is 0 Å². The molecule has 25 heavy (non-hydrogen) atoms. The summed E-state index contributed by atoms with van der Waals surface area (Å²) in [5.74, 6) is -0.305. The molecule has 0 aromatic heterocycles. The number of amides is 1. The lowest BCUT2D eigenvalue weighted by Gasteiger charge is -2.16. The van der Waals surface area contributed by atoms with Crippen LogP contribution >= 0.6 is 15.9 Å². The van der Waals surface area contributed by atoms with Crippen LogP contribution in [-0.4, -0.2) is 31.6 Å². The second-order valence-corrected chi connectivity index (χ2v) is 6.90. The number of allylic oxidation sites excluding steroid dienone is 1. The molecule has 136 valence electrons. The third-order valence-corrected chi connectivity index (χ3v) is 4.87. The summed E-state index contributed by atoms with van der Waals surface area (Å²) in [6, 6.07) is 5.02. The molecule has 0 saturated heterocycles. The minimum absolute atomic E-state index is 0.288. The maximum absolute atomic E-state index is 12.3. The van der Waals surface area contributed by atoms with Gasteiger partial charge in [0.05, 0.1) is 12.7 Å². The fourth-order valence-electron chi connectivity index (χ4n) is 2.69. The summed E-state index contributed by atoms with van der Waals surface area (Å²) in [6.07, 6.45) is 6.99. The molecule has 0 heterocycles. The number of nitrogens with one attached hydrogen (secondary N) is 1. The first-order chi connectivity index (χ1) is 12.0. The smallest absolute Gasteiger partial charge is 0.340 e. The summed E-state index contributed by atoms with van der Waals surface area (Å²) in [5, 5.41) is 2.83. The Morgan fingerprint density at radius 3 is 2.80 bits per heavy atom. The van der Waals surface area contributed by atoms with Crippen molar-refractivity contribution in [2.45, 2.75) is 45.1 Å². The zero-order valence-electron chi connectivity index (χ0n) is 14.6. The Labute approximate surface area is 156 Å². The van der Waals surface area contributed by atoms with E-state index in [2.05, 4.69) is 27.3 Å². The van der Waals surface area contributed by atoms with E-state index in [0.29, 0.717) is 22.3 Å². The van der Waals surface area contributed by atoms with Crippen molar-refractivity contribution in [3.05, 3.63) is 39.9 Å². The molecular formula is C19H24BrNO4. The van der Waals surface area contributed by atoms with Gasteiger partial charge in [-0.1, -0.05) is 11.6 Å². The number of carbonyl (C=O) groups is 2. The van der Waals surface area contributed by atoms with Gasteiger partial charge in [-0.25, -0.2) is 4.79 Å². The summed E-state index contributed by atoms with van der Waals surface area (Å²) in [6.45, 7) is 2.14. The number of carbonyl (C=O) groups excluding carboxylic acids is 2. The Morgan fingerprint density at radius 1 is 1.32 bits per heavy atom. The maximum Gasteiger partial charge on any atom is 0.340 e. The molecule has 0 spiro atoms. The summed E-state index contributed by atoms with van der Waals surface area (Å²) in [5.41, 5.74) is 1.72. The zero-order chi connectivity index (χ0) is 18.2. The van der Waals surface area contributed by atoms with Gasteiger partial charge in [-0.05, 0) is 73.2 Å². The third-order valence-electron chi connectivity index (χ3n) is 4.18. The molecule has 0 unspecified atom stereocenters. The SMILES string of the molecule is COc1ccc(Br)c(C(=O)O[C@@H](C)C(=O)NCCC2=CCCCC2)c1. The standard InChI is InChI=1S/C19H24BrNO4/c1-13(18(22)21-11-10-14-6-4-3-5-7-14)25-19(23)16-12-15(24-2)8-9-17(16)20/h6,8-9,12-13H,3-5,7,10-11H2,1-2H3,(H,21,22)/t13-/m0/s1. The number of hydrogen-bond acceptors (Lipinski definition) is 4. The molecule has 0 aliphatic heterocycles. The van der Waals surface area contributed by atoms with Gasteiger partial charge < -0.3 is 14.8 Å². The van der Waals surface area contributed by atoms with Crippen molar-refractivity contribution in [3.63, 3.8) is 0 Å². The molecule has 1 N–H and O–H groups in total. The highest BCUT2D eigenvalue weighted by Gasteiger charge is 2.20. The Morgan fingerprint density at radius 2 is 2.12 bits per heavy atom. The van der Waals surface area contributed by atoms with Crippen LogP contribution in [0.4, 0.5) is 0 Å². The zero-order valence-corrected chi connectivity index (χ0v) is 16.2. The number of benzene rings is 1. The van der Waals surface area contributed by atoms with E-state index in [1.807, 2.05) is 0 Å². The van der Waals surface area contributed by atoms with Crippen molar-refractivity contribution in [2.24, 2.45) is 0 Å². The number of hydrogen-bond donors (Lipinski definition) is 1. The van der Waals surface area contributed by atoms with Crippen LogP contribution in [-0.2, 0) is 9.53 Å². The molecule has 1 aromatic rings. The second kappa shape index (κ2) is 9.61. The van der Waals surface area contributed by atoms with Crippen LogP contribution in [0.5, 0.6) is 5.75 Å². The van der Waals surface area contributed by atoms with Gasteiger partial charge in [-0.15, -0.1) is 0 Å². The van der Waals surface area contributed by atoms with Gasteiger partial charge in [0.1, 0.15) is 5.75 Å². The van der Waals surface area contributed by atoms with Gasteiger partial charge in [0, 0.05) is 11.0 Å². The van der Waals surface area contributed by atoms with Gasteiger partial charge in [-0.3, -0.25) is 4.79 Å². The molecule has 0 fully saturated rings. The van der Waals surface area contributed by atoms with Crippen molar-refractivity contribution < 1.29 is 19.1 Å². The van der Waals surface area contributed by atoms with Crippen LogP contribution in [0.15, 0.2) is 34.3 Å². The van der Waals surface area contributed by atoms with E-state index < -0.39 is 12.1 Å². The second-order valence-electron chi connectivity index (χ2n) is 6.04. The normalized spacial score (nSPS) is 15.1. The highest BCUT2D eigenvalue weighted by atomic mass is 79.9. The number of methoxy groups -OCH3 is 1. The van der Waals surface area contributed by atoms with Gasteiger partial charge in [0.2, 0.25) is 0 Å². The highest BCUT2D eigenvalue weighted by Crippen LogP contribution is 2.23. The quantitative estimate of drug-likeness (QED) is 0.545. The molecule has 1 aliphatic rings. The Kier molecular flexibility index (Phi) is 7.50. The van der Waals surface area contributed by atoms with Gasteiger partial charge in [0.15, 0.2) is 6.10 Å². The van der Waals surface area contributed by atoms with Crippen LogP contribution < -0.4 is 10.1 Å². The fourth-order valence-corrected chi connectivity index (χ4v) is 3.10. The molecule has 2 rings (SSSR count). The van der Waals surface area contributed by atoms with Gasteiger partial charge in [0.25, 0.3) is 5.91 Å². The predicted octanol–water partition coefficient (Wildman–Crippen LogP) is 4.01. The Hall–Kier alpha value is -1.82. The Bertz CT molecular complexity index is 657. The molecule has 0 bridgehead atoms. The minimum Gasteiger partial charge on any atom is -0.497 e. The first-order valence-corrected chi connectivity index (χ1v) is 9.30. The number of ether oxygens (including phenoxy) is 2. The first-order valence-electron chi connectivity index (χ1n) is 8.51. The van der Waals surface area contributed by atoms with E-state index >= 15 is 0 Å². The molecule has 1 aliphatic carbocycles. The number of halogens is 1. The number of esters is 1. The lowest BCUT2D eigenvalue weighted by molar-refractivity contribution is -0.129. The summed E-state index contributed by atoms with van der Waals surface area (Å²) < 4.78 is 11.0. The average molecular weight is 410 g/mol. The van der Waals surface area contributed by atoms with E-state index in [4.69, 9.17) is 9.47 Å². The summed E-state index contributed by atoms with van der Waals surface area (Å²) in [7, 11) is 1.52. The van der Waals surface area contributed by atoms with E-state index in [1.54, 1.807) is 25.1 Å². The molecule has 1 amide bonds. The summed E-state index contributed by atoms with van der Waals surface area (Å²) >= 11 is 3.31. The molecule has 0 saturated carbocycles. The van der Waals surface area contributed by atoms with E-state index in [0.717, 1.165) is 19.3 Å².